The van der Waals surface area contributed by atoms with Crippen LogP contribution in [-0.2, 0) is 9.47 Å². The summed E-state index contributed by atoms with van der Waals surface area (Å²) in [6, 6.07) is 0. The molecule has 0 aromatic carbocycles. The van der Waals surface area contributed by atoms with Crippen LogP contribution in [0.15, 0.2) is 0 Å². The highest BCUT2D eigenvalue weighted by Gasteiger charge is 2.82. The van der Waals surface area contributed by atoms with Crippen LogP contribution in [0.1, 0.15) is 68.7 Å². The Kier molecular flexibility index (Phi) is 2.87. The van der Waals surface area contributed by atoms with Gasteiger partial charge in [0, 0.05) is 10.8 Å². The highest BCUT2D eigenvalue weighted by molar-refractivity contribution is 5.32. The van der Waals surface area contributed by atoms with E-state index in [1.54, 1.807) is 0 Å². The topological polar surface area (TPSA) is 18.5 Å². The van der Waals surface area contributed by atoms with Gasteiger partial charge in [-0.2, -0.15) is 0 Å². The second-order valence-corrected chi connectivity index (χ2v) is 8.26. The normalized spacial score (nSPS) is 52.6. The Hall–Kier alpha value is -0.520. The molecule has 4 atom stereocenters. The fourth-order valence-corrected chi connectivity index (χ4v) is 4.87. The average Bonchev–Trinajstić information content (AvgIpc) is 2.52. The van der Waals surface area contributed by atoms with E-state index in [4.69, 9.17) is 15.9 Å². The molecule has 2 nitrogen and oxygen atoms in total. The molecule has 20 heavy (non-hydrogen) atoms. The SMILES string of the molecule is C#CC1(C)C(C)(CC)OC2(C)OC(C)(C)C(C)(C)C21C. The lowest BCUT2D eigenvalue weighted by atomic mass is 9.46. The molecule has 0 bridgehead atoms. The van der Waals surface area contributed by atoms with Crippen LogP contribution in [0.2, 0.25) is 0 Å². The standard InChI is InChI=1S/C18H30O2/c1-11-15(7)16(8,12-2)20-18(10)17(15,9)13(3,4)14(5,6)19-18/h1H,12H2,2-10H3. The third kappa shape index (κ3) is 1.22. The first-order valence-electron chi connectivity index (χ1n) is 7.67. The van der Waals surface area contributed by atoms with Crippen molar-refractivity contribution in [3.63, 3.8) is 0 Å². The Bertz CT molecular complexity index is 486. The summed E-state index contributed by atoms with van der Waals surface area (Å²) in [6.45, 7) is 19.6. The quantitative estimate of drug-likeness (QED) is 0.663. The van der Waals surface area contributed by atoms with Crippen molar-refractivity contribution >= 4 is 0 Å². The molecule has 0 amide bonds. The van der Waals surface area contributed by atoms with Crippen molar-refractivity contribution in [3.05, 3.63) is 0 Å². The number of hydrogen-bond donors (Lipinski definition) is 0. The van der Waals surface area contributed by atoms with Crippen LogP contribution in [0.25, 0.3) is 0 Å². The van der Waals surface area contributed by atoms with Crippen molar-refractivity contribution in [3.8, 4) is 12.3 Å². The molecule has 2 saturated heterocycles. The molecule has 2 aliphatic rings. The summed E-state index contributed by atoms with van der Waals surface area (Å²) in [5.74, 6) is 2.45. The van der Waals surface area contributed by atoms with Gasteiger partial charge in [0.15, 0.2) is 5.79 Å². The van der Waals surface area contributed by atoms with Crippen LogP contribution < -0.4 is 0 Å². The van der Waals surface area contributed by atoms with Gasteiger partial charge < -0.3 is 9.47 Å². The maximum absolute atomic E-state index is 6.53. The van der Waals surface area contributed by atoms with Crippen molar-refractivity contribution in [1.82, 2.24) is 0 Å². The minimum Gasteiger partial charge on any atom is -0.343 e. The molecule has 114 valence electrons. The van der Waals surface area contributed by atoms with Gasteiger partial charge >= 0.3 is 0 Å². The molecular formula is C18H30O2. The lowest BCUT2D eigenvalue weighted by Crippen LogP contribution is -2.57. The van der Waals surface area contributed by atoms with Crippen LogP contribution in [-0.4, -0.2) is 17.0 Å². The van der Waals surface area contributed by atoms with Gasteiger partial charge in [-0.3, -0.25) is 0 Å². The van der Waals surface area contributed by atoms with E-state index in [9.17, 15) is 0 Å². The number of fused-ring (bicyclic) bond motifs is 1. The van der Waals surface area contributed by atoms with E-state index >= 15 is 0 Å². The number of rotatable bonds is 1. The summed E-state index contributed by atoms with van der Waals surface area (Å²) in [5, 5.41) is 0. The minimum absolute atomic E-state index is 0.108. The fourth-order valence-electron chi connectivity index (χ4n) is 4.87. The first kappa shape index (κ1) is 15.9. The van der Waals surface area contributed by atoms with Crippen molar-refractivity contribution in [2.75, 3.05) is 0 Å². The molecule has 0 N–H and O–H groups in total. The molecule has 4 unspecified atom stereocenters. The Morgan fingerprint density at radius 2 is 1.40 bits per heavy atom. The molecular weight excluding hydrogens is 248 g/mol. The third-order valence-corrected chi connectivity index (χ3v) is 7.55. The summed E-state index contributed by atoms with van der Waals surface area (Å²) in [6.07, 6.45) is 6.92. The second kappa shape index (κ2) is 3.62. The maximum Gasteiger partial charge on any atom is 0.174 e. The maximum atomic E-state index is 6.53. The third-order valence-electron chi connectivity index (χ3n) is 7.55. The van der Waals surface area contributed by atoms with E-state index in [0.29, 0.717) is 0 Å². The number of ether oxygens (including phenoxy) is 2. The monoisotopic (exact) mass is 278 g/mol. The number of hydrogen-bond acceptors (Lipinski definition) is 2. The number of terminal acetylenes is 1. The highest BCUT2D eigenvalue weighted by Crippen LogP contribution is 2.76. The second-order valence-electron chi connectivity index (χ2n) is 8.26. The lowest BCUT2D eigenvalue weighted by Gasteiger charge is -2.52. The molecule has 0 spiro atoms. The molecule has 2 aliphatic heterocycles. The summed E-state index contributed by atoms with van der Waals surface area (Å²) >= 11 is 0. The van der Waals surface area contributed by atoms with E-state index < -0.39 is 5.79 Å². The summed E-state index contributed by atoms with van der Waals surface area (Å²) in [4.78, 5) is 0. The Morgan fingerprint density at radius 1 is 0.900 bits per heavy atom. The summed E-state index contributed by atoms with van der Waals surface area (Å²) in [5.41, 5.74) is -1.43. The molecule has 0 radical (unpaired) electrons. The van der Waals surface area contributed by atoms with Gasteiger partial charge in [-0.1, -0.05) is 33.6 Å². The average molecular weight is 278 g/mol. The zero-order chi connectivity index (χ0) is 15.8. The van der Waals surface area contributed by atoms with Crippen molar-refractivity contribution in [2.45, 2.75) is 85.7 Å². The van der Waals surface area contributed by atoms with E-state index in [2.05, 4.69) is 68.2 Å². The molecule has 2 rings (SSSR count). The molecule has 0 aliphatic carbocycles. The zero-order valence-corrected chi connectivity index (χ0v) is 14.6. The van der Waals surface area contributed by atoms with E-state index in [-0.39, 0.29) is 27.4 Å². The molecule has 0 saturated carbocycles. The molecule has 0 aromatic heterocycles. The van der Waals surface area contributed by atoms with Gasteiger partial charge in [0.25, 0.3) is 0 Å². The first-order chi connectivity index (χ1) is 8.79. The first-order valence-corrected chi connectivity index (χ1v) is 7.67. The van der Waals surface area contributed by atoms with Gasteiger partial charge in [-0.05, 0) is 41.0 Å². The Morgan fingerprint density at radius 3 is 1.80 bits per heavy atom. The molecule has 2 fully saturated rings. The van der Waals surface area contributed by atoms with Crippen LogP contribution in [0.4, 0.5) is 0 Å². The summed E-state index contributed by atoms with van der Waals surface area (Å²) < 4.78 is 13.0. The van der Waals surface area contributed by atoms with Gasteiger partial charge in [0.05, 0.1) is 16.6 Å². The highest BCUT2D eigenvalue weighted by atomic mass is 16.7. The lowest BCUT2D eigenvalue weighted by molar-refractivity contribution is -0.268. The van der Waals surface area contributed by atoms with Crippen LogP contribution in [0.5, 0.6) is 0 Å². The predicted octanol–water partition coefficient (Wildman–Crippen LogP) is 4.38. The van der Waals surface area contributed by atoms with Crippen LogP contribution in [0.3, 0.4) is 0 Å². The zero-order valence-electron chi connectivity index (χ0n) is 14.6. The van der Waals surface area contributed by atoms with Gasteiger partial charge in [-0.15, -0.1) is 6.42 Å². The molecule has 0 aromatic rings. The van der Waals surface area contributed by atoms with E-state index in [0.717, 1.165) is 6.42 Å². The summed E-state index contributed by atoms with van der Waals surface area (Å²) in [7, 11) is 0. The molecule has 2 heteroatoms. The predicted molar refractivity (Wildman–Crippen MR) is 82.2 cm³/mol. The van der Waals surface area contributed by atoms with Crippen molar-refractivity contribution in [2.24, 2.45) is 16.2 Å². The van der Waals surface area contributed by atoms with E-state index in [1.165, 1.54) is 0 Å². The minimum atomic E-state index is -0.661. The van der Waals surface area contributed by atoms with Crippen molar-refractivity contribution < 1.29 is 9.47 Å². The van der Waals surface area contributed by atoms with Crippen molar-refractivity contribution in [1.29, 1.82) is 0 Å². The fraction of sp³-hybridized carbons (Fsp3) is 0.889. The van der Waals surface area contributed by atoms with Crippen LogP contribution >= 0.6 is 0 Å². The van der Waals surface area contributed by atoms with Gasteiger partial charge in [0.1, 0.15) is 0 Å². The smallest absolute Gasteiger partial charge is 0.174 e. The van der Waals surface area contributed by atoms with Gasteiger partial charge in [-0.25, -0.2) is 0 Å². The largest absolute Gasteiger partial charge is 0.343 e. The van der Waals surface area contributed by atoms with Gasteiger partial charge in [0.2, 0.25) is 0 Å². The Balaban J connectivity index is 2.79. The Labute approximate surface area is 124 Å². The van der Waals surface area contributed by atoms with Crippen LogP contribution in [0, 0.1) is 28.6 Å². The van der Waals surface area contributed by atoms with E-state index in [1.807, 2.05) is 0 Å². The molecule has 2 heterocycles.